The Morgan fingerprint density at radius 2 is 2.11 bits per heavy atom. The second kappa shape index (κ2) is 12.0. The van der Waals surface area contributed by atoms with Gasteiger partial charge >= 0.3 is 213 Å². The van der Waals surface area contributed by atoms with Crippen LogP contribution >= 0.6 is 23.1 Å². The second-order valence-corrected chi connectivity index (χ2v) is 15.0. The van der Waals surface area contributed by atoms with Gasteiger partial charge in [-0.25, -0.2) is 0 Å². The van der Waals surface area contributed by atoms with Crippen LogP contribution in [0.4, 0.5) is 5.69 Å². The molecule has 1 N–H and O–H groups in total. The number of nitrogens with zero attached hydrogens (tertiary/aromatic N) is 2. The number of aromatic nitrogens is 1. The zero-order chi connectivity index (χ0) is 25.9. The van der Waals surface area contributed by atoms with Gasteiger partial charge < -0.3 is 0 Å². The van der Waals surface area contributed by atoms with Gasteiger partial charge in [-0.05, 0) is 0 Å². The van der Waals surface area contributed by atoms with Crippen molar-refractivity contribution < 1.29 is 27.0 Å². The number of thiazole rings is 1. The van der Waals surface area contributed by atoms with E-state index >= 15 is 0 Å². The van der Waals surface area contributed by atoms with E-state index in [2.05, 4.69) is 47.6 Å². The van der Waals surface area contributed by atoms with Crippen molar-refractivity contribution in [3.8, 4) is 5.75 Å². The molecule has 1 unspecified atom stereocenters. The predicted molar refractivity (Wildman–Crippen MR) is 149 cm³/mol. The molecule has 7 nitrogen and oxygen atoms in total. The van der Waals surface area contributed by atoms with Gasteiger partial charge in [0.15, 0.2) is 0 Å². The summed E-state index contributed by atoms with van der Waals surface area (Å²) in [6.07, 6.45) is 10.0. The molecule has 1 aromatic heterocycles. The first-order valence-electron chi connectivity index (χ1n) is 11.7. The van der Waals surface area contributed by atoms with Crippen molar-refractivity contribution in [1.82, 2.24) is 0 Å². The number of hydrogen-bond donors (Lipinski definition) is 1. The van der Waals surface area contributed by atoms with Crippen LogP contribution in [0.5, 0.6) is 5.75 Å². The van der Waals surface area contributed by atoms with E-state index in [1.54, 1.807) is 26.0 Å². The molecule has 1 aromatic carbocycles. The van der Waals surface area contributed by atoms with Crippen molar-refractivity contribution in [2.24, 2.45) is 0 Å². The number of fused-ring (bicyclic) bond motifs is 2. The number of rotatable bonds is 10. The Balaban J connectivity index is 1.68. The first kappa shape index (κ1) is 27.7. The van der Waals surface area contributed by atoms with Crippen LogP contribution in [0.15, 0.2) is 45.8 Å². The van der Waals surface area contributed by atoms with Gasteiger partial charge in [-0.2, -0.15) is 8.42 Å². The SMILES string of the molecule is CCC(=Cc1sc2c([n+]1CC)[Te]C(OC)C=C2)C=C1Sc2ccc(OC)cc2N1CCCS(=O)(=O)O. The molecule has 0 saturated carbocycles. The Hall–Kier alpha value is -1.32. The molecule has 0 fully saturated rings. The zero-order valence-corrected chi connectivity index (χ0v) is 25.5. The summed E-state index contributed by atoms with van der Waals surface area (Å²) >= 11 is 3.03. The molecule has 1 atom stereocenters. The van der Waals surface area contributed by atoms with Crippen LogP contribution in [0.3, 0.4) is 0 Å². The fourth-order valence-corrected chi connectivity index (χ4v) is 10.5. The molecule has 2 aliphatic heterocycles. The van der Waals surface area contributed by atoms with Crippen LogP contribution in [0.1, 0.15) is 36.6 Å². The molecule has 0 spiro atoms. The molecule has 2 aliphatic rings. The van der Waals surface area contributed by atoms with E-state index in [-0.39, 0.29) is 9.90 Å². The fourth-order valence-electron chi connectivity index (χ4n) is 4.03. The smallest absolute Gasteiger partial charge is 0.286 e. The van der Waals surface area contributed by atoms with Gasteiger partial charge in [-0.3, -0.25) is 4.55 Å². The van der Waals surface area contributed by atoms with Gasteiger partial charge in [-0.1, -0.05) is 0 Å². The number of allylic oxidation sites excluding steroid dienone is 2. The molecule has 0 saturated heterocycles. The number of anilines is 1. The summed E-state index contributed by atoms with van der Waals surface area (Å²) in [6.45, 7) is 5.74. The van der Waals surface area contributed by atoms with E-state index in [0.29, 0.717) is 13.0 Å². The molecule has 0 amide bonds. The third kappa shape index (κ3) is 6.38. The van der Waals surface area contributed by atoms with Crippen LogP contribution in [0.25, 0.3) is 12.2 Å². The predicted octanol–water partition coefficient (Wildman–Crippen LogP) is 3.92. The van der Waals surface area contributed by atoms with Crippen LogP contribution < -0.4 is 17.9 Å². The topological polar surface area (TPSA) is 80.0 Å². The first-order valence-corrected chi connectivity index (χ1v) is 17.5. The Morgan fingerprint density at radius 3 is 2.78 bits per heavy atom. The Morgan fingerprint density at radius 1 is 1.31 bits per heavy atom. The molecule has 0 bridgehead atoms. The van der Waals surface area contributed by atoms with Crippen LogP contribution in [-0.2, 0) is 21.4 Å². The molecule has 0 radical (unpaired) electrons. The molecular formula is C25H31N2O5S3Te+. The summed E-state index contributed by atoms with van der Waals surface area (Å²) in [7, 11) is -0.591. The number of benzene rings is 1. The van der Waals surface area contributed by atoms with Crippen LogP contribution in [0.2, 0.25) is 0 Å². The normalized spacial score (nSPS) is 18.6. The van der Waals surface area contributed by atoms with Crippen LogP contribution in [-0.4, -0.2) is 64.6 Å². The Labute approximate surface area is 231 Å². The third-order valence-electron chi connectivity index (χ3n) is 5.87. The van der Waals surface area contributed by atoms with E-state index in [1.165, 1.54) is 19.2 Å². The van der Waals surface area contributed by atoms with E-state index in [4.69, 9.17) is 9.47 Å². The standard InChI is InChI=1S/C25H30N2O5S3Te/c1-5-17(14-22-26(6-2)25-21(34-22)10-11-24(32-4)36-25)15-23-27(12-7-13-35(28,29)30)19-16-18(31-3)8-9-20(19)33-23/h8-11,14-16,24H,5-7,12-13H2,1-4H3/p+1. The second-order valence-electron chi connectivity index (χ2n) is 8.22. The van der Waals surface area contributed by atoms with E-state index in [1.807, 2.05) is 29.5 Å². The van der Waals surface area contributed by atoms with Gasteiger partial charge in [0, 0.05) is 0 Å². The van der Waals surface area contributed by atoms with Crippen molar-refractivity contribution in [1.29, 1.82) is 0 Å². The van der Waals surface area contributed by atoms with E-state index < -0.39 is 31.0 Å². The average molecular weight is 663 g/mol. The van der Waals surface area contributed by atoms with Crippen molar-refractivity contribution in [2.45, 2.75) is 42.3 Å². The minimum Gasteiger partial charge on any atom is -0.286 e. The minimum absolute atomic E-state index is 0.238. The molecule has 0 aliphatic carbocycles. The third-order valence-corrected chi connectivity index (χ3v) is 12.8. The number of methoxy groups -OCH3 is 2. The zero-order valence-electron chi connectivity index (χ0n) is 20.8. The molecule has 36 heavy (non-hydrogen) atoms. The Bertz CT molecular complexity index is 1320. The van der Waals surface area contributed by atoms with Gasteiger partial charge in [0.2, 0.25) is 0 Å². The number of hydrogen-bond acceptors (Lipinski definition) is 7. The quantitative estimate of drug-likeness (QED) is 0.235. The average Bonchev–Trinajstić information content (AvgIpc) is 3.38. The van der Waals surface area contributed by atoms with Crippen molar-refractivity contribution >= 4 is 75.7 Å². The van der Waals surface area contributed by atoms with Crippen LogP contribution in [0, 0.1) is 0 Å². The molecule has 11 heteroatoms. The van der Waals surface area contributed by atoms with Crippen molar-refractivity contribution in [3.05, 3.63) is 50.8 Å². The number of ether oxygens (including phenoxy) is 2. The molecule has 3 heterocycles. The van der Waals surface area contributed by atoms with Gasteiger partial charge in [0.1, 0.15) is 0 Å². The van der Waals surface area contributed by atoms with Crippen molar-refractivity contribution in [3.63, 3.8) is 0 Å². The molecule has 194 valence electrons. The summed E-state index contributed by atoms with van der Waals surface area (Å²) in [4.78, 5) is 4.56. The van der Waals surface area contributed by atoms with Crippen molar-refractivity contribution in [2.75, 3.05) is 31.4 Å². The monoisotopic (exact) mass is 665 g/mol. The molecular weight excluding hydrogens is 632 g/mol. The summed E-state index contributed by atoms with van der Waals surface area (Å²) in [5.74, 6) is 0.481. The van der Waals surface area contributed by atoms with Gasteiger partial charge in [0.25, 0.3) is 0 Å². The number of thioether (sulfide) groups is 1. The maximum absolute atomic E-state index is 11.3. The van der Waals surface area contributed by atoms with Gasteiger partial charge in [0.05, 0.1) is 7.11 Å². The minimum atomic E-state index is -4.01. The summed E-state index contributed by atoms with van der Waals surface area (Å²) in [6, 6.07) is 5.95. The van der Waals surface area contributed by atoms with E-state index in [9.17, 15) is 13.0 Å². The van der Waals surface area contributed by atoms with Gasteiger partial charge in [-0.15, -0.1) is 0 Å². The summed E-state index contributed by atoms with van der Waals surface area (Å²) < 4.78 is 47.0. The maximum atomic E-state index is 11.3. The summed E-state index contributed by atoms with van der Waals surface area (Å²) in [5.41, 5.74) is 2.19. The Kier molecular flexibility index (Phi) is 9.26. The fraction of sp³-hybridized carbons (Fsp3) is 0.400. The summed E-state index contributed by atoms with van der Waals surface area (Å²) in [5, 5.41) is 2.28. The molecule has 2 aromatic rings. The molecule has 4 rings (SSSR count). The van der Waals surface area contributed by atoms with E-state index in [0.717, 1.165) is 34.3 Å². The first-order chi connectivity index (χ1) is 17.3.